The second kappa shape index (κ2) is 4.77. The number of nitrogens with zero attached hydrogens (tertiary/aromatic N) is 3. The van der Waals surface area contributed by atoms with E-state index in [-0.39, 0.29) is 11.8 Å². The van der Waals surface area contributed by atoms with Gasteiger partial charge >= 0.3 is 0 Å². The van der Waals surface area contributed by atoms with Crippen LogP contribution < -0.4 is 5.32 Å². The molecule has 108 valence electrons. The van der Waals surface area contributed by atoms with Crippen LogP contribution in [-0.4, -0.2) is 26.8 Å². The summed E-state index contributed by atoms with van der Waals surface area (Å²) in [5.74, 6) is 1.56. The number of ketones is 1. The van der Waals surface area contributed by atoms with Crippen LogP contribution in [0, 0.1) is 0 Å². The second-order valence-corrected chi connectivity index (χ2v) is 5.85. The van der Waals surface area contributed by atoms with Gasteiger partial charge in [0.1, 0.15) is 11.8 Å². The van der Waals surface area contributed by atoms with E-state index in [0.29, 0.717) is 17.5 Å². The first-order valence-electron chi connectivity index (χ1n) is 6.85. The van der Waals surface area contributed by atoms with Crippen molar-refractivity contribution in [2.24, 2.45) is 0 Å². The summed E-state index contributed by atoms with van der Waals surface area (Å²) in [7, 11) is 0. The number of hydrogen-bond donors (Lipinski definition) is 1. The molecule has 0 fully saturated rings. The van der Waals surface area contributed by atoms with E-state index in [1.807, 2.05) is 18.4 Å². The smallest absolute Gasteiger partial charge is 0.227 e. The van der Waals surface area contributed by atoms with Gasteiger partial charge in [0.15, 0.2) is 5.78 Å². The lowest BCUT2D eigenvalue weighted by atomic mass is 9.88. The molecule has 0 amide bonds. The van der Waals surface area contributed by atoms with Crippen molar-refractivity contribution in [2.75, 3.05) is 11.6 Å². The van der Waals surface area contributed by atoms with Crippen molar-refractivity contribution in [2.45, 2.75) is 30.5 Å². The fraction of sp³-hybridized carbons (Fsp3) is 0.357. The van der Waals surface area contributed by atoms with Gasteiger partial charge in [0, 0.05) is 17.7 Å². The summed E-state index contributed by atoms with van der Waals surface area (Å²) in [6.07, 6.45) is 5.87. The molecule has 0 bridgehead atoms. The van der Waals surface area contributed by atoms with Gasteiger partial charge in [-0.05, 0) is 31.2 Å². The monoisotopic (exact) mass is 302 g/mol. The molecule has 1 aliphatic carbocycles. The Morgan fingerprint density at radius 2 is 2.38 bits per heavy atom. The van der Waals surface area contributed by atoms with Crippen molar-refractivity contribution in [3.63, 3.8) is 0 Å². The number of anilines is 1. The number of carbonyl (C=O) groups excluding carboxylic acids is 1. The third-order valence-electron chi connectivity index (χ3n) is 3.84. The highest BCUT2D eigenvalue weighted by Gasteiger charge is 2.38. The summed E-state index contributed by atoms with van der Waals surface area (Å²) in [5, 5.41) is 8.44. The molecule has 1 unspecified atom stereocenters. The van der Waals surface area contributed by atoms with Crippen LogP contribution in [0.3, 0.4) is 0 Å². The molecule has 2 aromatic rings. The summed E-state index contributed by atoms with van der Waals surface area (Å²) >= 11 is 1.48. The minimum absolute atomic E-state index is 0.164. The zero-order chi connectivity index (χ0) is 14.4. The van der Waals surface area contributed by atoms with Gasteiger partial charge in [-0.1, -0.05) is 11.8 Å². The number of nitrogens with one attached hydrogen (secondary N) is 1. The van der Waals surface area contributed by atoms with E-state index < -0.39 is 0 Å². The Labute approximate surface area is 125 Å². The lowest BCUT2D eigenvalue weighted by Gasteiger charge is -2.30. The molecule has 21 heavy (non-hydrogen) atoms. The summed E-state index contributed by atoms with van der Waals surface area (Å²) in [6, 6.07) is 3.40. The molecule has 1 aliphatic heterocycles. The molecule has 7 heteroatoms. The van der Waals surface area contributed by atoms with Crippen LogP contribution in [0.1, 0.15) is 31.1 Å². The Kier molecular flexibility index (Phi) is 2.88. The van der Waals surface area contributed by atoms with Crippen molar-refractivity contribution in [1.82, 2.24) is 14.8 Å². The largest absolute Gasteiger partial charge is 0.467 e. The third-order valence-corrected chi connectivity index (χ3v) is 4.38. The number of furan rings is 1. The molecule has 0 aromatic carbocycles. The Bertz CT molecular complexity index is 732. The van der Waals surface area contributed by atoms with Gasteiger partial charge in [-0.2, -0.15) is 4.98 Å². The fourth-order valence-corrected chi connectivity index (χ4v) is 3.28. The van der Waals surface area contributed by atoms with Crippen LogP contribution >= 0.6 is 11.8 Å². The second-order valence-electron chi connectivity index (χ2n) is 5.08. The van der Waals surface area contributed by atoms with E-state index >= 15 is 0 Å². The maximum Gasteiger partial charge on any atom is 0.227 e. The third kappa shape index (κ3) is 1.91. The minimum atomic E-state index is -0.313. The van der Waals surface area contributed by atoms with Crippen LogP contribution in [0.5, 0.6) is 0 Å². The Morgan fingerprint density at radius 1 is 1.48 bits per heavy atom. The maximum atomic E-state index is 12.4. The van der Waals surface area contributed by atoms with Crippen molar-refractivity contribution in [1.29, 1.82) is 0 Å². The molecule has 4 rings (SSSR count). The number of fused-ring (bicyclic) bond motifs is 1. The number of Topliss-reactive ketones (excluding diaryl/α,β-unsaturated/α-hetero) is 1. The Morgan fingerprint density at radius 3 is 3.14 bits per heavy atom. The van der Waals surface area contributed by atoms with Gasteiger partial charge in [0.05, 0.1) is 6.26 Å². The zero-order valence-electron chi connectivity index (χ0n) is 11.5. The highest BCUT2D eigenvalue weighted by atomic mass is 32.2. The number of rotatable bonds is 2. The topological polar surface area (TPSA) is 73.0 Å². The first-order valence-corrected chi connectivity index (χ1v) is 8.07. The first kappa shape index (κ1) is 12.7. The zero-order valence-corrected chi connectivity index (χ0v) is 12.3. The maximum absolute atomic E-state index is 12.4. The van der Waals surface area contributed by atoms with E-state index in [1.54, 1.807) is 10.9 Å². The quantitative estimate of drug-likeness (QED) is 0.860. The highest BCUT2D eigenvalue weighted by Crippen LogP contribution is 2.40. The van der Waals surface area contributed by atoms with E-state index in [0.717, 1.165) is 29.9 Å². The van der Waals surface area contributed by atoms with Crippen LogP contribution in [0.4, 0.5) is 5.95 Å². The van der Waals surface area contributed by atoms with Crippen molar-refractivity contribution in [3.05, 3.63) is 35.4 Å². The van der Waals surface area contributed by atoms with Crippen LogP contribution in [0.2, 0.25) is 0 Å². The number of allylic oxidation sites excluding steroid dienone is 2. The predicted molar refractivity (Wildman–Crippen MR) is 78.2 cm³/mol. The van der Waals surface area contributed by atoms with Crippen molar-refractivity contribution >= 4 is 23.5 Å². The minimum Gasteiger partial charge on any atom is -0.467 e. The van der Waals surface area contributed by atoms with Gasteiger partial charge < -0.3 is 9.73 Å². The van der Waals surface area contributed by atoms with Crippen LogP contribution in [0.15, 0.2) is 39.2 Å². The summed E-state index contributed by atoms with van der Waals surface area (Å²) in [5.41, 5.74) is 1.72. The van der Waals surface area contributed by atoms with Gasteiger partial charge in [-0.15, -0.1) is 5.10 Å². The number of hydrogen-bond acceptors (Lipinski definition) is 6. The van der Waals surface area contributed by atoms with Crippen LogP contribution in [0.25, 0.3) is 0 Å². The summed E-state index contributed by atoms with van der Waals surface area (Å²) in [4.78, 5) is 16.9. The molecule has 2 aromatic heterocycles. The molecule has 0 radical (unpaired) electrons. The standard InChI is InChI=1S/C14H14N4O2S/c1-21-14-16-13-15-8-4-2-5-9(19)11(8)12(18(13)17-14)10-6-3-7-20-10/h3,6-7,12H,2,4-5H2,1H3,(H,15,16,17). The van der Waals surface area contributed by atoms with Gasteiger partial charge in [0.2, 0.25) is 11.1 Å². The average Bonchev–Trinajstić information content (AvgIpc) is 3.14. The molecular formula is C14H14N4O2S. The summed E-state index contributed by atoms with van der Waals surface area (Å²) in [6.45, 7) is 0. The number of thioether (sulfide) groups is 1. The average molecular weight is 302 g/mol. The molecule has 2 aliphatic rings. The fourth-order valence-electron chi connectivity index (χ4n) is 2.93. The molecular weight excluding hydrogens is 288 g/mol. The lowest BCUT2D eigenvalue weighted by molar-refractivity contribution is -0.116. The molecule has 0 saturated heterocycles. The molecule has 1 atom stereocenters. The molecule has 0 saturated carbocycles. The number of aromatic nitrogens is 3. The SMILES string of the molecule is CSc1nc2n(n1)C(c1ccco1)C1=C(CCCC1=O)N2. The van der Waals surface area contributed by atoms with Crippen molar-refractivity contribution < 1.29 is 9.21 Å². The normalized spacial score (nSPS) is 21.0. The summed E-state index contributed by atoms with van der Waals surface area (Å²) < 4.78 is 7.32. The molecule has 3 heterocycles. The molecule has 1 N–H and O–H groups in total. The van der Waals surface area contributed by atoms with Gasteiger partial charge in [-0.3, -0.25) is 4.79 Å². The van der Waals surface area contributed by atoms with Crippen molar-refractivity contribution in [3.8, 4) is 0 Å². The first-order chi connectivity index (χ1) is 10.3. The predicted octanol–water partition coefficient (Wildman–Crippen LogP) is 2.62. The van der Waals surface area contributed by atoms with E-state index in [2.05, 4.69) is 15.4 Å². The Balaban J connectivity index is 1.91. The molecule has 0 spiro atoms. The van der Waals surface area contributed by atoms with Crippen LogP contribution in [-0.2, 0) is 4.79 Å². The number of carbonyl (C=O) groups is 1. The lowest BCUT2D eigenvalue weighted by Crippen LogP contribution is -2.31. The molecule has 6 nitrogen and oxygen atoms in total. The van der Waals surface area contributed by atoms with E-state index in [4.69, 9.17) is 4.42 Å². The van der Waals surface area contributed by atoms with Gasteiger partial charge in [-0.25, -0.2) is 4.68 Å². The van der Waals surface area contributed by atoms with E-state index in [9.17, 15) is 4.79 Å². The van der Waals surface area contributed by atoms with Gasteiger partial charge in [0.25, 0.3) is 0 Å². The van der Waals surface area contributed by atoms with E-state index in [1.165, 1.54) is 11.8 Å². The Hall–Kier alpha value is -2.02. The highest BCUT2D eigenvalue weighted by molar-refractivity contribution is 7.98.